The fraction of sp³-hybridized carbons (Fsp3) is 0.600. The molecular weight excluding hydrogens is 245 g/mol. The van der Waals surface area contributed by atoms with E-state index in [1.807, 2.05) is 13.0 Å². The van der Waals surface area contributed by atoms with Gasteiger partial charge in [-0.2, -0.15) is 0 Å². The molecule has 2 unspecified atom stereocenters. The van der Waals surface area contributed by atoms with Crippen molar-refractivity contribution in [2.75, 3.05) is 19.8 Å². The lowest BCUT2D eigenvalue weighted by molar-refractivity contribution is 0.141. The third-order valence-corrected chi connectivity index (χ3v) is 3.33. The summed E-state index contributed by atoms with van der Waals surface area (Å²) in [7, 11) is 0. The Bertz CT molecular complexity index is 405. The zero-order valence-electron chi connectivity index (χ0n) is 11.6. The summed E-state index contributed by atoms with van der Waals surface area (Å²) in [5, 5.41) is 3.28. The molecule has 0 bridgehead atoms. The highest BCUT2D eigenvalue weighted by Crippen LogP contribution is 2.23. The fourth-order valence-corrected chi connectivity index (χ4v) is 2.20. The molecule has 1 aliphatic rings. The molecule has 0 aliphatic carbocycles. The molecule has 3 nitrogen and oxygen atoms in total. The van der Waals surface area contributed by atoms with E-state index in [9.17, 15) is 4.39 Å². The Labute approximate surface area is 114 Å². The van der Waals surface area contributed by atoms with Gasteiger partial charge in [0.2, 0.25) is 0 Å². The minimum Gasteiger partial charge on any atom is -0.488 e. The smallest absolute Gasteiger partial charge is 0.131 e. The molecule has 106 valence electrons. The van der Waals surface area contributed by atoms with Gasteiger partial charge in [0.15, 0.2) is 0 Å². The Kier molecular flexibility index (Phi) is 5.16. The molecule has 1 N–H and O–H groups in total. The zero-order valence-corrected chi connectivity index (χ0v) is 11.6. The van der Waals surface area contributed by atoms with Crippen LogP contribution in [0.3, 0.4) is 0 Å². The number of rotatable bonds is 6. The van der Waals surface area contributed by atoms with E-state index in [1.165, 1.54) is 6.07 Å². The minimum atomic E-state index is -0.215. The molecule has 0 radical (unpaired) electrons. The van der Waals surface area contributed by atoms with Gasteiger partial charge in [-0.3, -0.25) is 0 Å². The van der Waals surface area contributed by atoms with Gasteiger partial charge >= 0.3 is 0 Å². The van der Waals surface area contributed by atoms with E-state index in [0.29, 0.717) is 17.9 Å². The maximum Gasteiger partial charge on any atom is 0.131 e. The van der Waals surface area contributed by atoms with Crippen LogP contribution in [-0.2, 0) is 4.74 Å². The van der Waals surface area contributed by atoms with Crippen LogP contribution in [0.4, 0.5) is 4.39 Å². The van der Waals surface area contributed by atoms with Crippen molar-refractivity contribution in [3.8, 4) is 5.75 Å². The van der Waals surface area contributed by atoms with Crippen molar-refractivity contribution in [3.63, 3.8) is 0 Å². The van der Waals surface area contributed by atoms with Gasteiger partial charge in [0.05, 0.1) is 13.2 Å². The lowest BCUT2D eigenvalue weighted by Gasteiger charge is -2.16. The van der Waals surface area contributed by atoms with Crippen LogP contribution in [0.15, 0.2) is 18.2 Å². The van der Waals surface area contributed by atoms with Crippen LogP contribution >= 0.6 is 0 Å². The van der Waals surface area contributed by atoms with E-state index < -0.39 is 0 Å². The molecule has 0 aromatic heterocycles. The number of nitrogens with one attached hydrogen (secondary N) is 1. The quantitative estimate of drug-likeness (QED) is 0.859. The highest BCUT2D eigenvalue weighted by molar-refractivity contribution is 5.30. The first-order chi connectivity index (χ1) is 9.20. The standard InChI is InChI=1S/C15H22FNO2/c1-3-7-17-11(2)14-5-4-12(9-15(14)16)19-13-6-8-18-10-13/h4-5,9,11,13,17H,3,6-8,10H2,1-2H3. The van der Waals surface area contributed by atoms with Crippen molar-refractivity contribution in [2.24, 2.45) is 0 Å². The van der Waals surface area contributed by atoms with Gasteiger partial charge in [0.1, 0.15) is 17.7 Å². The molecule has 0 spiro atoms. The van der Waals surface area contributed by atoms with Gasteiger partial charge in [-0.15, -0.1) is 0 Å². The molecule has 1 aliphatic heterocycles. The molecule has 1 aromatic rings. The average Bonchev–Trinajstić information content (AvgIpc) is 2.89. The van der Waals surface area contributed by atoms with E-state index in [4.69, 9.17) is 9.47 Å². The summed E-state index contributed by atoms with van der Waals surface area (Å²) in [6.07, 6.45) is 1.97. The van der Waals surface area contributed by atoms with Crippen molar-refractivity contribution in [2.45, 2.75) is 38.8 Å². The second-order valence-electron chi connectivity index (χ2n) is 4.96. The molecular formula is C15H22FNO2. The highest BCUT2D eigenvalue weighted by Gasteiger charge is 2.18. The lowest BCUT2D eigenvalue weighted by Crippen LogP contribution is -2.20. The van der Waals surface area contributed by atoms with Gasteiger partial charge < -0.3 is 14.8 Å². The first-order valence-corrected chi connectivity index (χ1v) is 6.98. The fourth-order valence-electron chi connectivity index (χ4n) is 2.20. The summed E-state index contributed by atoms with van der Waals surface area (Å²) < 4.78 is 25.0. The molecule has 1 aromatic carbocycles. The van der Waals surface area contributed by atoms with Crippen molar-refractivity contribution < 1.29 is 13.9 Å². The van der Waals surface area contributed by atoms with Crippen LogP contribution in [0.5, 0.6) is 5.75 Å². The summed E-state index contributed by atoms with van der Waals surface area (Å²) in [4.78, 5) is 0. The monoisotopic (exact) mass is 267 g/mol. The molecule has 2 rings (SSSR count). The Morgan fingerprint density at radius 3 is 3.00 bits per heavy atom. The molecule has 19 heavy (non-hydrogen) atoms. The summed E-state index contributed by atoms with van der Waals surface area (Å²) in [6.45, 7) is 6.27. The maximum absolute atomic E-state index is 14.1. The van der Waals surface area contributed by atoms with E-state index >= 15 is 0 Å². The molecule has 4 heteroatoms. The minimum absolute atomic E-state index is 0.0174. The number of hydrogen-bond donors (Lipinski definition) is 1. The summed E-state index contributed by atoms with van der Waals surface area (Å²) in [5.41, 5.74) is 0.684. The van der Waals surface area contributed by atoms with E-state index in [2.05, 4.69) is 12.2 Å². The third kappa shape index (κ3) is 3.91. The van der Waals surface area contributed by atoms with Crippen LogP contribution < -0.4 is 10.1 Å². The Hall–Kier alpha value is -1.13. The number of hydrogen-bond acceptors (Lipinski definition) is 3. The maximum atomic E-state index is 14.1. The number of benzene rings is 1. The van der Waals surface area contributed by atoms with Crippen LogP contribution in [0.25, 0.3) is 0 Å². The van der Waals surface area contributed by atoms with Gasteiger partial charge in [-0.25, -0.2) is 4.39 Å². The predicted octanol–water partition coefficient (Wildman–Crippen LogP) is 3.05. The normalized spacial score (nSPS) is 20.5. The number of halogens is 1. The summed E-state index contributed by atoms with van der Waals surface area (Å²) in [5.74, 6) is 0.368. The largest absolute Gasteiger partial charge is 0.488 e. The van der Waals surface area contributed by atoms with E-state index in [0.717, 1.165) is 26.0 Å². The van der Waals surface area contributed by atoms with Crippen LogP contribution in [0.1, 0.15) is 38.3 Å². The van der Waals surface area contributed by atoms with Crippen LogP contribution in [0, 0.1) is 5.82 Å². The summed E-state index contributed by atoms with van der Waals surface area (Å²) in [6, 6.07) is 5.12. The Morgan fingerprint density at radius 1 is 1.53 bits per heavy atom. The molecule has 1 heterocycles. The van der Waals surface area contributed by atoms with Crippen molar-refractivity contribution in [3.05, 3.63) is 29.6 Å². The van der Waals surface area contributed by atoms with Crippen LogP contribution in [0.2, 0.25) is 0 Å². The molecule has 1 fully saturated rings. The summed E-state index contributed by atoms with van der Waals surface area (Å²) >= 11 is 0. The zero-order chi connectivity index (χ0) is 13.7. The van der Waals surface area contributed by atoms with Crippen molar-refractivity contribution in [1.82, 2.24) is 5.32 Å². The molecule has 0 amide bonds. The lowest BCUT2D eigenvalue weighted by atomic mass is 10.1. The third-order valence-electron chi connectivity index (χ3n) is 3.33. The van der Waals surface area contributed by atoms with Crippen molar-refractivity contribution in [1.29, 1.82) is 0 Å². The Morgan fingerprint density at radius 2 is 2.37 bits per heavy atom. The SMILES string of the molecule is CCCNC(C)c1ccc(OC2CCOC2)cc1F. The predicted molar refractivity (Wildman–Crippen MR) is 73.0 cm³/mol. The second kappa shape index (κ2) is 6.87. The van der Waals surface area contributed by atoms with Gasteiger partial charge in [0, 0.05) is 24.1 Å². The average molecular weight is 267 g/mol. The second-order valence-corrected chi connectivity index (χ2v) is 4.96. The topological polar surface area (TPSA) is 30.5 Å². The number of ether oxygens (including phenoxy) is 2. The van der Waals surface area contributed by atoms with Crippen LogP contribution in [-0.4, -0.2) is 25.9 Å². The van der Waals surface area contributed by atoms with Gasteiger partial charge in [-0.1, -0.05) is 13.0 Å². The van der Waals surface area contributed by atoms with Gasteiger partial charge in [0.25, 0.3) is 0 Å². The first-order valence-electron chi connectivity index (χ1n) is 6.98. The molecule has 1 saturated heterocycles. The van der Waals surface area contributed by atoms with E-state index in [1.54, 1.807) is 6.07 Å². The highest BCUT2D eigenvalue weighted by atomic mass is 19.1. The molecule has 2 atom stereocenters. The molecule has 0 saturated carbocycles. The van der Waals surface area contributed by atoms with E-state index in [-0.39, 0.29) is 18.0 Å². The van der Waals surface area contributed by atoms with Gasteiger partial charge in [-0.05, 0) is 26.0 Å². The Balaban J connectivity index is 1.99. The first kappa shape index (κ1) is 14.3. The van der Waals surface area contributed by atoms with Crippen molar-refractivity contribution >= 4 is 0 Å².